The fourth-order valence-electron chi connectivity index (χ4n) is 3.71. The SMILES string of the molecule is N#Cc1cc2c(nc1SCC(=O)Nc1ccc(OC(F)(F)F)cc1)C1CCN2CC1. The van der Waals surface area contributed by atoms with Crippen LogP contribution >= 0.6 is 11.8 Å². The lowest BCUT2D eigenvalue weighted by Crippen LogP contribution is -2.39. The molecule has 0 unspecified atom stereocenters. The Kier molecular flexibility index (Phi) is 5.47. The number of aromatic nitrogens is 1. The average molecular weight is 434 g/mol. The first-order chi connectivity index (χ1) is 14.3. The fraction of sp³-hybridized carbons (Fsp3) is 0.350. The number of halogens is 3. The van der Waals surface area contributed by atoms with Crippen molar-refractivity contribution in [1.29, 1.82) is 5.26 Å². The maximum Gasteiger partial charge on any atom is 0.573 e. The number of rotatable bonds is 5. The van der Waals surface area contributed by atoms with Crippen molar-refractivity contribution in [1.82, 2.24) is 4.98 Å². The van der Waals surface area contributed by atoms with Crippen LogP contribution in [0.5, 0.6) is 5.75 Å². The molecule has 3 aliphatic rings. The third kappa shape index (κ3) is 4.46. The summed E-state index contributed by atoms with van der Waals surface area (Å²) in [5.41, 5.74) is 2.80. The van der Waals surface area contributed by atoms with Gasteiger partial charge < -0.3 is 15.0 Å². The number of hydrogen-bond donors (Lipinski definition) is 1. The summed E-state index contributed by atoms with van der Waals surface area (Å²) >= 11 is 1.17. The van der Waals surface area contributed by atoms with Crippen molar-refractivity contribution < 1.29 is 22.7 Å². The number of thioether (sulfide) groups is 1. The van der Waals surface area contributed by atoms with Crippen molar-refractivity contribution in [3.8, 4) is 11.8 Å². The number of anilines is 2. The molecule has 156 valence electrons. The molecule has 2 aromatic rings. The first kappa shape index (κ1) is 20.3. The van der Waals surface area contributed by atoms with Gasteiger partial charge in [-0.1, -0.05) is 11.8 Å². The van der Waals surface area contributed by atoms with Gasteiger partial charge in [-0.3, -0.25) is 4.79 Å². The number of ether oxygens (including phenoxy) is 1. The van der Waals surface area contributed by atoms with Crippen LogP contribution < -0.4 is 15.0 Å². The lowest BCUT2D eigenvalue weighted by Gasteiger charge is -2.41. The number of piperidine rings is 1. The highest BCUT2D eigenvalue weighted by molar-refractivity contribution is 8.00. The third-order valence-electron chi connectivity index (χ3n) is 5.05. The number of nitriles is 1. The maximum absolute atomic E-state index is 12.3. The Hall–Kier alpha value is -2.93. The van der Waals surface area contributed by atoms with Crippen LogP contribution in [0.15, 0.2) is 35.4 Å². The molecule has 6 nitrogen and oxygen atoms in total. The number of benzene rings is 1. The van der Waals surface area contributed by atoms with Crippen LogP contribution in [0.4, 0.5) is 24.5 Å². The summed E-state index contributed by atoms with van der Waals surface area (Å²) in [7, 11) is 0. The molecule has 5 rings (SSSR count). The second kappa shape index (κ2) is 8.07. The van der Waals surface area contributed by atoms with E-state index in [4.69, 9.17) is 0 Å². The van der Waals surface area contributed by atoms with Crippen LogP contribution in [0, 0.1) is 11.3 Å². The molecule has 0 atom stereocenters. The second-order valence-electron chi connectivity index (χ2n) is 7.03. The molecule has 1 N–H and O–H groups in total. The van der Waals surface area contributed by atoms with E-state index in [1.54, 1.807) is 0 Å². The lowest BCUT2D eigenvalue weighted by atomic mass is 9.86. The molecular formula is C20H17F3N4O2S. The van der Waals surface area contributed by atoms with Crippen molar-refractivity contribution in [2.75, 3.05) is 29.1 Å². The summed E-state index contributed by atoms with van der Waals surface area (Å²) in [6.45, 7) is 1.96. The highest BCUT2D eigenvalue weighted by Crippen LogP contribution is 2.42. The van der Waals surface area contributed by atoms with Crippen LogP contribution in [0.2, 0.25) is 0 Å². The molecule has 0 radical (unpaired) electrons. The van der Waals surface area contributed by atoms with E-state index in [-0.39, 0.29) is 17.4 Å². The summed E-state index contributed by atoms with van der Waals surface area (Å²) in [6, 6.07) is 8.91. The van der Waals surface area contributed by atoms with E-state index in [9.17, 15) is 23.2 Å². The molecule has 10 heteroatoms. The zero-order valence-corrected chi connectivity index (χ0v) is 16.5. The van der Waals surface area contributed by atoms with E-state index < -0.39 is 6.36 Å². The monoisotopic (exact) mass is 434 g/mol. The summed E-state index contributed by atoms with van der Waals surface area (Å²) < 4.78 is 40.4. The standard InChI is InChI=1S/C20H17F3N4O2S/c21-20(22,23)29-15-3-1-14(2-4-15)25-17(28)11-30-19-13(10-24)9-16-18(26-19)12-5-7-27(16)8-6-12/h1-4,9,12H,5-8,11H2,(H,25,28). The number of amides is 1. The minimum atomic E-state index is -4.77. The highest BCUT2D eigenvalue weighted by atomic mass is 32.2. The third-order valence-corrected chi connectivity index (χ3v) is 6.04. The van der Waals surface area contributed by atoms with Gasteiger partial charge in [0.15, 0.2) is 0 Å². The smallest absolute Gasteiger partial charge is 0.406 e. The lowest BCUT2D eigenvalue weighted by molar-refractivity contribution is -0.274. The molecule has 1 fully saturated rings. The van der Waals surface area contributed by atoms with Crippen molar-refractivity contribution in [2.24, 2.45) is 0 Å². The molecule has 0 saturated carbocycles. The first-order valence-electron chi connectivity index (χ1n) is 9.31. The van der Waals surface area contributed by atoms with Crippen LogP contribution in [-0.4, -0.2) is 36.1 Å². The van der Waals surface area contributed by atoms with E-state index in [1.165, 1.54) is 23.9 Å². The first-order valence-corrected chi connectivity index (χ1v) is 10.3. The summed E-state index contributed by atoms with van der Waals surface area (Å²) in [4.78, 5) is 19.2. The van der Waals surface area contributed by atoms with Gasteiger partial charge in [-0.2, -0.15) is 5.26 Å². The summed E-state index contributed by atoms with van der Waals surface area (Å²) in [5.74, 6) is -0.298. The number of alkyl halides is 3. The normalized spacial score (nSPS) is 15.5. The molecule has 0 spiro atoms. The number of hydrogen-bond acceptors (Lipinski definition) is 6. The highest BCUT2D eigenvalue weighted by Gasteiger charge is 2.33. The minimum Gasteiger partial charge on any atom is -0.406 e. The number of nitrogens with zero attached hydrogens (tertiary/aromatic N) is 3. The molecule has 3 aliphatic heterocycles. The van der Waals surface area contributed by atoms with Gasteiger partial charge in [0, 0.05) is 24.7 Å². The molecule has 4 heterocycles. The Morgan fingerprint density at radius 1 is 1.30 bits per heavy atom. The van der Waals surface area contributed by atoms with Gasteiger partial charge in [0.25, 0.3) is 0 Å². The van der Waals surface area contributed by atoms with E-state index >= 15 is 0 Å². The van der Waals surface area contributed by atoms with Gasteiger partial charge >= 0.3 is 6.36 Å². The zero-order valence-electron chi connectivity index (χ0n) is 15.7. The van der Waals surface area contributed by atoms with Crippen molar-refractivity contribution in [3.63, 3.8) is 0 Å². The zero-order chi connectivity index (χ0) is 21.3. The van der Waals surface area contributed by atoms with Crippen LogP contribution in [0.25, 0.3) is 0 Å². The van der Waals surface area contributed by atoms with Crippen LogP contribution in [-0.2, 0) is 4.79 Å². The summed E-state index contributed by atoms with van der Waals surface area (Å²) in [5, 5.41) is 12.6. The Bertz CT molecular complexity index is 997. The number of nitrogens with one attached hydrogen (secondary N) is 1. The van der Waals surface area contributed by atoms with E-state index in [2.05, 4.69) is 26.0 Å². The second-order valence-corrected chi connectivity index (χ2v) is 7.99. The molecule has 2 bridgehead atoms. The van der Waals surface area contributed by atoms with Gasteiger partial charge in [-0.15, -0.1) is 13.2 Å². The molecule has 1 aromatic heterocycles. The topological polar surface area (TPSA) is 78.2 Å². The fourth-order valence-corrected chi connectivity index (χ4v) is 4.47. The molecule has 30 heavy (non-hydrogen) atoms. The Labute approximate surface area is 175 Å². The Morgan fingerprint density at radius 3 is 2.63 bits per heavy atom. The molecule has 1 amide bonds. The van der Waals surface area contributed by atoms with Gasteiger partial charge in [0.05, 0.1) is 22.7 Å². The van der Waals surface area contributed by atoms with Crippen LogP contribution in [0.3, 0.4) is 0 Å². The number of pyridine rings is 1. The maximum atomic E-state index is 12.3. The van der Waals surface area contributed by atoms with Gasteiger partial charge in [-0.05, 0) is 43.2 Å². The Balaban J connectivity index is 1.40. The number of carbonyl (C=O) groups is 1. The number of fused-ring (bicyclic) bond motifs is 2. The predicted molar refractivity (Wildman–Crippen MR) is 106 cm³/mol. The average Bonchev–Trinajstić information content (AvgIpc) is 2.73. The molecular weight excluding hydrogens is 417 g/mol. The van der Waals surface area contributed by atoms with Crippen molar-refractivity contribution in [3.05, 3.63) is 41.6 Å². The van der Waals surface area contributed by atoms with Crippen molar-refractivity contribution in [2.45, 2.75) is 30.1 Å². The molecule has 1 aromatic carbocycles. The van der Waals surface area contributed by atoms with Gasteiger partial charge in [0.2, 0.25) is 5.91 Å². The number of carbonyl (C=O) groups excluding carboxylic acids is 1. The molecule has 0 aliphatic carbocycles. The molecule has 1 saturated heterocycles. The van der Waals surface area contributed by atoms with E-state index in [0.717, 1.165) is 49.4 Å². The van der Waals surface area contributed by atoms with Gasteiger partial charge in [-0.25, -0.2) is 4.98 Å². The predicted octanol–water partition coefficient (Wildman–Crippen LogP) is 4.28. The van der Waals surface area contributed by atoms with Gasteiger partial charge in [0.1, 0.15) is 16.8 Å². The van der Waals surface area contributed by atoms with E-state index in [0.29, 0.717) is 22.2 Å². The van der Waals surface area contributed by atoms with Crippen molar-refractivity contribution >= 4 is 29.0 Å². The largest absolute Gasteiger partial charge is 0.573 e. The van der Waals surface area contributed by atoms with E-state index in [1.807, 2.05) is 6.07 Å². The van der Waals surface area contributed by atoms with Crippen LogP contribution in [0.1, 0.15) is 30.0 Å². The summed E-state index contributed by atoms with van der Waals surface area (Å²) in [6.07, 6.45) is -2.67. The minimum absolute atomic E-state index is 0.0235. The Morgan fingerprint density at radius 2 is 2.00 bits per heavy atom. The quantitative estimate of drug-likeness (QED) is 0.708.